The van der Waals surface area contributed by atoms with Crippen molar-refractivity contribution in [1.29, 1.82) is 0 Å². The van der Waals surface area contributed by atoms with Gasteiger partial charge in [-0.15, -0.1) is 0 Å². The molecule has 0 aromatic heterocycles. The van der Waals surface area contributed by atoms with Crippen LogP contribution in [0, 0.1) is 0 Å². The number of esters is 1. The van der Waals surface area contributed by atoms with Crippen LogP contribution in [0.2, 0.25) is 0 Å². The second-order valence-corrected chi connectivity index (χ2v) is 8.36. The summed E-state index contributed by atoms with van der Waals surface area (Å²) in [6.45, 7) is 3.01. The van der Waals surface area contributed by atoms with Gasteiger partial charge in [-0.05, 0) is 43.7 Å². The number of rotatable bonds is 8. The smallest absolute Gasteiger partial charge is 0.331 e. The standard InChI is InChI=1S/C28H28N2O5/c1-20(24(31)29-28(2,27(34)35-3)19-21-13-7-4-8-14-21)30(25(32)22-15-9-5-10-16-22)26(33)23-17-11-6-12-18-23/h4-18,20H,19H2,1-3H3,(H,29,31)/t20?,28-/m0/s1. The predicted molar refractivity (Wildman–Crippen MR) is 132 cm³/mol. The summed E-state index contributed by atoms with van der Waals surface area (Å²) in [5, 5.41) is 2.73. The van der Waals surface area contributed by atoms with Gasteiger partial charge in [0, 0.05) is 17.5 Å². The monoisotopic (exact) mass is 472 g/mol. The molecule has 180 valence electrons. The van der Waals surface area contributed by atoms with E-state index in [1.807, 2.05) is 30.3 Å². The Kier molecular flexibility index (Phi) is 8.15. The van der Waals surface area contributed by atoms with E-state index in [0.717, 1.165) is 10.5 Å². The van der Waals surface area contributed by atoms with Crippen molar-refractivity contribution in [3.63, 3.8) is 0 Å². The Balaban J connectivity index is 1.93. The summed E-state index contributed by atoms with van der Waals surface area (Å²) in [4.78, 5) is 53.8. The summed E-state index contributed by atoms with van der Waals surface area (Å²) in [6.07, 6.45) is 0.165. The van der Waals surface area contributed by atoms with Crippen LogP contribution in [0.4, 0.5) is 0 Å². The van der Waals surface area contributed by atoms with E-state index < -0.39 is 35.3 Å². The van der Waals surface area contributed by atoms with Crippen molar-refractivity contribution >= 4 is 23.7 Å². The number of methoxy groups -OCH3 is 1. The highest BCUT2D eigenvalue weighted by Crippen LogP contribution is 2.18. The number of hydrogen-bond donors (Lipinski definition) is 1. The van der Waals surface area contributed by atoms with Crippen molar-refractivity contribution in [1.82, 2.24) is 10.2 Å². The van der Waals surface area contributed by atoms with Crippen LogP contribution in [0.1, 0.15) is 40.1 Å². The zero-order chi connectivity index (χ0) is 25.4. The Hall–Kier alpha value is -4.26. The number of hydrogen-bond acceptors (Lipinski definition) is 5. The molecule has 35 heavy (non-hydrogen) atoms. The topological polar surface area (TPSA) is 92.8 Å². The van der Waals surface area contributed by atoms with Gasteiger partial charge in [0.05, 0.1) is 7.11 Å². The first-order chi connectivity index (χ1) is 16.8. The molecule has 2 atom stereocenters. The highest BCUT2D eigenvalue weighted by molar-refractivity contribution is 6.12. The van der Waals surface area contributed by atoms with Gasteiger partial charge in [0.2, 0.25) is 5.91 Å². The molecule has 1 N–H and O–H groups in total. The molecule has 0 bridgehead atoms. The van der Waals surface area contributed by atoms with Gasteiger partial charge in [0.15, 0.2) is 0 Å². The van der Waals surface area contributed by atoms with Gasteiger partial charge in [0.25, 0.3) is 11.8 Å². The number of nitrogens with zero attached hydrogens (tertiary/aromatic N) is 1. The fraction of sp³-hybridized carbons (Fsp3) is 0.214. The fourth-order valence-corrected chi connectivity index (χ4v) is 3.77. The van der Waals surface area contributed by atoms with Crippen LogP contribution >= 0.6 is 0 Å². The first-order valence-electron chi connectivity index (χ1n) is 11.2. The van der Waals surface area contributed by atoms with Crippen molar-refractivity contribution in [2.24, 2.45) is 0 Å². The molecular formula is C28H28N2O5. The van der Waals surface area contributed by atoms with E-state index in [4.69, 9.17) is 4.74 Å². The van der Waals surface area contributed by atoms with Gasteiger partial charge < -0.3 is 10.1 Å². The maximum atomic E-state index is 13.4. The van der Waals surface area contributed by atoms with Crippen molar-refractivity contribution in [2.75, 3.05) is 7.11 Å². The Labute approximate surface area is 204 Å². The normalized spacial score (nSPS) is 13.1. The molecule has 0 saturated heterocycles. The minimum atomic E-state index is -1.42. The molecule has 1 unspecified atom stereocenters. The third-order valence-electron chi connectivity index (χ3n) is 5.68. The minimum Gasteiger partial charge on any atom is -0.467 e. The van der Waals surface area contributed by atoms with E-state index in [1.165, 1.54) is 14.0 Å². The molecular weight excluding hydrogens is 444 g/mol. The molecule has 0 fully saturated rings. The number of imide groups is 1. The molecule has 0 spiro atoms. The SMILES string of the molecule is COC(=O)[C@](C)(Cc1ccccc1)NC(=O)C(C)N(C(=O)c1ccccc1)C(=O)c1ccccc1. The summed E-state index contributed by atoms with van der Waals surface area (Å²) in [5.41, 5.74) is -0.0857. The highest BCUT2D eigenvalue weighted by Gasteiger charge is 2.40. The van der Waals surface area contributed by atoms with Gasteiger partial charge in [-0.1, -0.05) is 66.7 Å². The zero-order valence-corrected chi connectivity index (χ0v) is 19.9. The van der Waals surface area contributed by atoms with Crippen molar-refractivity contribution in [3.05, 3.63) is 108 Å². The average molecular weight is 473 g/mol. The molecule has 0 aliphatic heterocycles. The molecule has 0 heterocycles. The lowest BCUT2D eigenvalue weighted by molar-refractivity contribution is -0.150. The second kappa shape index (κ2) is 11.2. The third-order valence-corrected chi connectivity index (χ3v) is 5.68. The molecule has 3 amide bonds. The van der Waals surface area contributed by atoms with Crippen molar-refractivity contribution in [3.8, 4) is 0 Å². The fourth-order valence-electron chi connectivity index (χ4n) is 3.77. The van der Waals surface area contributed by atoms with E-state index in [0.29, 0.717) is 0 Å². The molecule has 7 heteroatoms. The first kappa shape index (κ1) is 25.4. The average Bonchev–Trinajstić information content (AvgIpc) is 2.89. The third kappa shape index (κ3) is 6.00. The molecule has 3 aromatic carbocycles. The van der Waals surface area contributed by atoms with Gasteiger partial charge in [-0.2, -0.15) is 0 Å². The Bertz CT molecular complexity index is 1130. The molecule has 0 aliphatic carbocycles. The van der Waals surface area contributed by atoms with E-state index in [2.05, 4.69) is 5.32 Å². The number of nitrogens with one attached hydrogen (secondary N) is 1. The summed E-state index contributed by atoms with van der Waals surface area (Å²) >= 11 is 0. The second-order valence-electron chi connectivity index (χ2n) is 8.36. The van der Waals surface area contributed by atoms with Crippen LogP contribution in [0.25, 0.3) is 0 Å². The van der Waals surface area contributed by atoms with Crippen LogP contribution in [0.5, 0.6) is 0 Å². The first-order valence-corrected chi connectivity index (χ1v) is 11.2. The minimum absolute atomic E-state index is 0.165. The number of benzene rings is 3. The largest absolute Gasteiger partial charge is 0.467 e. The van der Waals surface area contributed by atoms with Crippen LogP contribution in [-0.2, 0) is 20.7 Å². The van der Waals surface area contributed by atoms with Crippen molar-refractivity contribution in [2.45, 2.75) is 31.8 Å². The van der Waals surface area contributed by atoms with Gasteiger partial charge >= 0.3 is 5.97 Å². The summed E-state index contributed by atoms with van der Waals surface area (Å²) in [6, 6.07) is 24.5. The maximum Gasteiger partial charge on any atom is 0.331 e. The lowest BCUT2D eigenvalue weighted by Crippen LogP contribution is -2.60. The maximum absolute atomic E-state index is 13.4. The van der Waals surface area contributed by atoms with E-state index in [9.17, 15) is 19.2 Å². The van der Waals surface area contributed by atoms with Gasteiger partial charge in [-0.25, -0.2) is 4.79 Å². The van der Waals surface area contributed by atoms with Crippen LogP contribution in [0.3, 0.4) is 0 Å². The lowest BCUT2D eigenvalue weighted by Gasteiger charge is -2.32. The summed E-state index contributed by atoms with van der Waals surface area (Å²) in [5.74, 6) is -2.55. The molecule has 3 aromatic rings. The van der Waals surface area contributed by atoms with Crippen molar-refractivity contribution < 1.29 is 23.9 Å². The van der Waals surface area contributed by atoms with Gasteiger partial charge in [-0.3, -0.25) is 19.3 Å². The van der Waals surface area contributed by atoms with E-state index in [-0.39, 0.29) is 17.5 Å². The molecule has 3 rings (SSSR count). The summed E-state index contributed by atoms with van der Waals surface area (Å²) in [7, 11) is 1.24. The van der Waals surface area contributed by atoms with Crippen LogP contribution < -0.4 is 5.32 Å². The number of carbonyl (C=O) groups excluding carboxylic acids is 4. The zero-order valence-electron chi connectivity index (χ0n) is 19.9. The number of carbonyl (C=O) groups is 4. The quantitative estimate of drug-likeness (QED) is 0.399. The predicted octanol–water partition coefficient (Wildman–Crippen LogP) is 3.65. The number of amides is 3. The Morgan fingerprint density at radius 2 is 1.23 bits per heavy atom. The molecule has 0 aliphatic rings. The molecule has 0 radical (unpaired) electrons. The van der Waals surface area contributed by atoms with Gasteiger partial charge in [0.1, 0.15) is 11.6 Å². The van der Waals surface area contributed by atoms with E-state index in [1.54, 1.807) is 67.6 Å². The van der Waals surface area contributed by atoms with Crippen LogP contribution in [-0.4, -0.2) is 47.3 Å². The Morgan fingerprint density at radius 1 is 0.800 bits per heavy atom. The Morgan fingerprint density at radius 3 is 1.66 bits per heavy atom. The van der Waals surface area contributed by atoms with E-state index >= 15 is 0 Å². The summed E-state index contributed by atoms with van der Waals surface area (Å²) < 4.78 is 4.96. The highest BCUT2D eigenvalue weighted by atomic mass is 16.5. The lowest BCUT2D eigenvalue weighted by atomic mass is 9.92. The van der Waals surface area contributed by atoms with Crippen LogP contribution in [0.15, 0.2) is 91.0 Å². The molecule has 0 saturated carbocycles. The number of ether oxygens (including phenoxy) is 1. The molecule has 7 nitrogen and oxygen atoms in total.